The molecular formula is C21H26FN3O3. The fourth-order valence-corrected chi connectivity index (χ4v) is 3.60. The van der Waals surface area contributed by atoms with Crippen molar-refractivity contribution in [1.29, 1.82) is 0 Å². The van der Waals surface area contributed by atoms with E-state index < -0.39 is 6.09 Å². The summed E-state index contributed by atoms with van der Waals surface area (Å²) in [5.41, 5.74) is 7.25. The van der Waals surface area contributed by atoms with Gasteiger partial charge in [0.2, 0.25) is 0 Å². The zero-order valence-electron chi connectivity index (χ0n) is 16.0. The van der Waals surface area contributed by atoms with E-state index in [0.717, 1.165) is 43.2 Å². The second-order valence-corrected chi connectivity index (χ2v) is 6.74. The summed E-state index contributed by atoms with van der Waals surface area (Å²) in [5.74, 6) is 0.577. The molecule has 2 N–H and O–H groups in total. The molecule has 0 aromatic heterocycles. The van der Waals surface area contributed by atoms with E-state index in [2.05, 4.69) is 21.9 Å². The first-order valence-electron chi connectivity index (χ1n) is 9.37. The van der Waals surface area contributed by atoms with E-state index in [4.69, 9.17) is 15.2 Å². The van der Waals surface area contributed by atoms with Crippen molar-refractivity contribution in [1.82, 2.24) is 4.90 Å². The van der Waals surface area contributed by atoms with Crippen LogP contribution >= 0.6 is 0 Å². The number of methoxy groups -OCH3 is 1. The first-order chi connectivity index (χ1) is 13.6. The monoisotopic (exact) mass is 387 g/mol. The lowest BCUT2D eigenvalue weighted by atomic mass is 10.0. The molecule has 6 nitrogen and oxygen atoms in total. The van der Waals surface area contributed by atoms with Crippen molar-refractivity contribution in [3.8, 4) is 5.75 Å². The van der Waals surface area contributed by atoms with Crippen LogP contribution in [0.1, 0.15) is 18.0 Å². The Labute approximate surface area is 164 Å². The van der Waals surface area contributed by atoms with Gasteiger partial charge in [-0.25, -0.2) is 9.18 Å². The third-order valence-electron chi connectivity index (χ3n) is 5.08. The Hall–Kier alpha value is -2.80. The molecule has 28 heavy (non-hydrogen) atoms. The largest absolute Gasteiger partial charge is 0.497 e. The maximum absolute atomic E-state index is 13.3. The van der Waals surface area contributed by atoms with Gasteiger partial charge >= 0.3 is 6.09 Å². The minimum Gasteiger partial charge on any atom is -0.497 e. The summed E-state index contributed by atoms with van der Waals surface area (Å²) in [7, 11) is 1.66. The minimum absolute atomic E-state index is 0.0398. The van der Waals surface area contributed by atoms with Crippen molar-refractivity contribution in [3.05, 3.63) is 59.9 Å². The van der Waals surface area contributed by atoms with Crippen LogP contribution in [0.25, 0.3) is 0 Å². The Kier molecular flexibility index (Phi) is 6.71. The lowest BCUT2D eigenvalue weighted by Gasteiger charge is -2.40. The Morgan fingerprint density at radius 1 is 1.07 bits per heavy atom. The van der Waals surface area contributed by atoms with E-state index >= 15 is 0 Å². The highest BCUT2D eigenvalue weighted by Gasteiger charge is 2.25. The van der Waals surface area contributed by atoms with Crippen molar-refractivity contribution in [2.45, 2.75) is 12.5 Å². The molecule has 1 atom stereocenters. The standard InChI is InChI=1S/C21H26FN3O3/c1-27-19-8-6-18(7-9-19)24-11-13-25(14-12-24)20(10-15-28-21(23)26)16-2-4-17(22)5-3-16/h2-9,20H,10-15H2,1H3,(H2,23,26). The van der Waals surface area contributed by atoms with Crippen LogP contribution in [0.5, 0.6) is 5.75 Å². The van der Waals surface area contributed by atoms with E-state index in [9.17, 15) is 9.18 Å². The fourth-order valence-electron chi connectivity index (χ4n) is 3.60. The van der Waals surface area contributed by atoms with Crippen LogP contribution in [0, 0.1) is 5.82 Å². The van der Waals surface area contributed by atoms with Crippen LogP contribution in [0.2, 0.25) is 0 Å². The van der Waals surface area contributed by atoms with E-state index in [-0.39, 0.29) is 18.5 Å². The summed E-state index contributed by atoms with van der Waals surface area (Å²) in [6.07, 6.45) is -0.168. The molecule has 2 aromatic rings. The highest BCUT2D eigenvalue weighted by molar-refractivity contribution is 5.64. The summed E-state index contributed by atoms with van der Waals surface area (Å²) < 4.78 is 23.5. The zero-order valence-corrected chi connectivity index (χ0v) is 16.0. The van der Waals surface area contributed by atoms with Crippen LogP contribution in [0.4, 0.5) is 14.9 Å². The molecule has 0 aliphatic carbocycles. The van der Waals surface area contributed by atoms with Crippen LogP contribution in [0.15, 0.2) is 48.5 Å². The SMILES string of the molecule is COc1ccc(N2CCN(C(CCOC(N)=O)c3ccc(F)cc3)CC2)cc1. The molecule has 1 heterocycles. The normalized spacial score (nSPS) is 15.9. The predicted octanol–water partition coefficient (Wildman–Crippen LogP) is 3.18. The van der Waals surface area contributed by atoms with E-state index in [0.29, 0.717) is 6.42 Å². The van der Waals surface area contributed by atoms with E-state index in [1.54, 1.807) is 19.2 Å². The second-order valence-electron chi connectivity index (χ2n) is 6.74. The average Bonchev–Trinajstić information content (AvgIpc) is 2.72. The fraction of sp³-hybridized carbons (Fsp3) is 0.381. The number of anilines is 1. The number of amides is 1. The van der Waals surface area contributed by atoms with Crippen LogP contribution in [-0.2, 0) is 4.74 Å². The molecule has 150 valence electrons. The molecule has 7 heteroatoms. The Balaban J connectivity index is 1.65. The first kappa shape index (κ1) is 19.9. The summed E-state index contributed by atoms with van der Waals surface area (Å²) in [4.78, 5) is 15.6. The molecule has 0 bridgehead atoms. The number of nitrogens with zero attached hydrogens (tertiary/aromatic N) is 2. The molecule has 1 aliphatic heterocycles. The van der Waals surface area contributed by atoms with Crippen LogP contribution in [0.3, 0.4) is 0 Å². The molecule has 1 saturated heterocycles. The zero-order chi connectivity index (χ0) is 19.9. The maximum Gasteiger partial charge on any atom is 0.404 e. The number of primary amides is 1. The van der Waals surface area contributed by atoms with Crippen molar-refractivity contribution in [3.63, 3.8) is 0 Å². The van der Waals surface area contributed by atoms with Crippen molar-refractivity contribution >= 4 is 11.8 Å². The maximum atomic E-state index is 13.3. The number of hydrogen-bond donors (Lipinski definition) is 1. The topological polar surface area (TPSA) is 68.0 Å². The minimum atomic E-state index is -0.776. The van der Waals surface area contributed by atoms with Gasteiger partial charge in [-0.15, -0.1) is 0 Å². The lowest BCUT2D eigenvalue weighted by molar-refractivity contribution is 0.122. The Morgan fingerprint density at radius 3 is 2.29 bits per heavy atom. The quantitative estimate of drug-likeness (QED) is 0.790. The third kappa shape index (κ3) is 5.13. The number of carbonyl (C=O) groups excluding carboxylic acids is 1. The molecule has 0 saturated carbocycles. The highest BCUT2D eigenvalue weighted by atomic mass is 19.1. The second kappa shape index (κ2) is 9.41. The van der Waals surface area contributed by atoms with Gasteiger partial charge in [-0.2, -0.15) is 0 Å². The van der Waals surface area contributed by atoms with E-state index in [1.807, 2.05) is 12.1 Å². The van der Waals surface area contributed by atoms with E-state index in [1.165, 1.54) is 12.1 Å². The molecule has 1 aliphatic rings. The van der Waals surface area contributed by atoms with Crippen molar-refractivity contribution in [2.75, 3.05) is 44.8 Å². The highest BCUT2D eigenvalue weighted by Crippen LogP contribution is 2.28. The number of hydrogen-bond acceptors (Lipinski definition) is 5. The van der Waals surface area contributed by atoms with Gasteiger partial charge in [-0.05, 0) is 42.0 Å². The van der Waals surface area contributed by atoms with Gasteiger partial charge in [0.15, 0.2) is 0 Å². The predicted molar refractivity (Wildman–Crippen MR) is 106 cm³/mol. The molecule has 0 spiro atoms. The number of ether oxygens (including phenoxy) is 2. The van der Waals surface area contributed by atoms with Crippen LogP contribution < -0.4 is 15.4 Å². The lowest BCUT2D eigenvalue weighted by Crippen LogP contribution is -2.48. The van der Waals surface area contributed by atoms with Gasteiger partial charge in [0.1, 0.15) is 11.6 Å². The first-order valence-corrected chi connectivity index (χ1v) is 9.37. The van der Waals surface area contributed by atoms with Gasteiger partial charge in [-0.3, -0.25) is 4.90 Å². The number of halogens is 1. The van der Waals surface area contributed by atoms with Crippen molar-refractivity contribution in [2.24, 2.45) is 5.73 Å². The summed E-state index contributed by atoms with van der Waals surface area (Å²) >= 11 is 0. The van der Waals surface area contributed by atoms with Gasteiger partial charge in [0, 0.05) is 44.3 Å². The van der Waals surface area contributed by atoms with Gasteiger partial charge in [0.05, 0.1) is 13.7 Å². The molecule has 1 unspecified atom stereocenters. The average molecular weight is 387 g/mol. The molecule has 0 radical (unpaired) electrons. The molecule has 3 rings (SSSR count). The number of benzene rings is 2. The summed E-state index contributed by atoms with van der Waals surface area (Å²) in [6.45, 7) is 3.69. The molecular weight excluding hydrogens is 361 g/mol. The smallest absolute Gasteiger partial charge is 0.404 e. The number of piperazine rings is 1. The van der Waals surface area contributed by atoms with Crippen molar-refractivity contribution < 1.29 is 18.7 Å². The summed E-state index contributed by atoms with van der Waals surface area (Å²) in [6, 6.07) is 14.6. The number of nitrogens with two attached hydrogens (primary N) is 1. The molecule has 1 fully saturated rings. The Bertz CT molecular complexity index is 759. The van der Waals surface area contributed by atoms with Gasteiger partial charge in [-0.1, -0.05) is 12.1 Å². The molecule has 2 aromatic carbocycles. The third-order valence-corrected chi connectivity index (χ3v) is 5.08. The number of carbonyl (C=O) groups is 1. The van der Waals surface area contributed by atoms with Gasteiger partial charge in [0.25, 0.3) is 0 Å². The summed E-state index contributed by atoms with van der Waals surface area (Å²) in [5, 5.41) is 0. The van der Waals surface area contributed by atoms with Crippen LogP contribution in [-0.4, -0.2) is 50.9 Å². The number of rotatable bonds is 7. The Morgan fingerprint density at radius 2 is 1.71 bits per heavy atom. The van der Waals surface area contributed by atoms with Gasteiger partial charge < -0.3 is 20.1 Å². The molecule has 1 amide bonds.